The summed E-state index contributed by atoms with van der Waals surface area (Å²) in [5.41, 5.74) is -0.713. The van der Waals surface area contributed by atoms with E-state index in [9.17, 15) is 21.6 Å². The van der Waals surface area contributed by atoms with Crippen LogP contribution in [0.2, 0.25) is 0 Å². The molecule has 2 rings (SSSR count). The molecule has 1 aliphatic rings. The molecule has 144 valence electrons. The largest absolute Gasteiger partial charge is 0.396 e. The van der Waals surface area contributed by atoms with Crippen molar-refractivity contribution in [2.75, 3.05) is 17.7 Å². The number of primary sulfonamides is 1. The van der Waals surface area contributed by atoms with E-state index in [1.807, 2.05) is 18.2 Å². The average molecular weight is 408 g/mol. The molecule has 0 spiro atoms. The van der Waals surface area contributed by atoms with E-state index in [4.69, 9.17) is 10.2 Å². The standard InChI is InChI=1S/C16H19F3N2O3S2/c17-11-12(18)16(26(20,23)24)14(13(19)15(11)25-9-8-22)21-10-6-4-2-1-3-5-7-10/h2,4-5,7,10,21-22H,1,3,6,8-9H2,(H2,20,23,24)/b4-2+,7-5-/t10-/m0/s1. The summed E-state index contributed by atoms with van der Waals surface area (Å²) < 4.78 is 66.9. The van der Waals surface area contributed by atoms with Gasteiger partial charge in [0.1, 0.15) is 4.90 Å². The van der Waals surface area contributed by atoms with Crippen LogP contribution in [0.3, 0.4) is 0 Å². The van der Waals surface area contributed by atoms with Crippen molar-refractivity contribution in [2.45, 2.75) is 35.1 Å². The highest BCUT2D eigenvalue weighted by molar-refractivity contribution is 7.99. The summed E-state index contributed by atoms with van der Waals surface area (Å²) in [6.07, 6.45) is 9.27. The molecule has 10 heteroatoms. The molecule has 0 bridgehead atoms. The molecule has 0 aliphatic heterocycles. The molecule has 1 aliphatic carbocycles. The first-order valence-electron chi connectivity index (χ1n) is 7.82. The van der Waals surface area contributed by atoms with E-state index in [0.717, 1.165) is 12.8 Å². The Morgan fingerprint density at radius 3 is 2.50 bits per heavy atom. The van der Waals surface area contributed by atoms with Crippen molar-refractivity contribution in [3.05, 3.63) is 41.8 Å². The zero-order valence-electron chi connectivity index (χ0n) is 13.7. The van der Waals surface area contributed by atoms with Crippen molar-refractivity contribution in [1.82, 2.24) is 0 Å². The van der Waals surface area contributed by atoms with Crippen LogP contribution in [0.15, 0.2) is 34.1 Å². The van der Waals surface area contributed by atoms with Crippen LogP contribution in [-0.2, 0) is 10.0 Å². The van der Waals surface area contributed by atoms with Gasteiger partial charge in [0.2, 0.25) is 10.0 Å². The fourth-order valence-corrected chi connectivity index (χ4v) is 3.99. The van der Waals surface area contributed by atoms with Crippen LogP contribution in [-0.4, -0.2) is 31.9 Å². The summed E-state index contributed by atoms with van der Waals surface area (Å²) in [5.74, 6) is -4.75. The molecule has 0 heterocycles. The fourth-order valence-electron chi connectivity index (χ4n) is 2.47. The molecule has 0 radical (unpaired) electrons. The van der Waals surface area contributed by atoms with Crippen LogP contribution in [0, 0.1) is 17.5 Å². The normalized spacial score (nSPS) is 20.3. The predicted molar refractivity (Wildman–Crippen MR) is 95.0 cm³/mol. The highest BCUT2D eigenvalue weighted by Gasteiger charge is 2.31. The number of thioether (sulfide) groups is 1. The number of aliphatic hydroxyl groups is 1. The Morgan fingerprint density at radius 1 is 1.15 bits per heavy atom. The summed E-state index contributed by atoms with van der Waals surface area (Å²) in [4.78, 5) is -1.96. The van der Waals surface area contributed by atoms with Crippen molar-refractivity contribution >= 4 is 27.5 Å². The minimum absolute atomic E-state index is 0.0898. The van der Waals surface area contributed by atoms with Crippen LogP contribution in [0.1, 0.15) is 19.3 Å². The topological polar surface area (TPSA) is 92.4 Å². The Morgan fingerprint density at radius 2 is 1.85 bits per heavy atom. The van der Waals surface area contributed by atoms with Gasteiger partial charge in [-0.2, -0.15) is 0 Å². The number of anilines is 1. The molecule has 1 aromatic rings. The minimum Gasteiger partial charge on any atom is -0.396 e. The third kappa shape index (κ3) is 4.81. The van der Waals surface area contributed by atoms with Gasteiger partial charge in [0.25, 0.3) is 0 Å². The van der Waals surface area contributed by atoms with E-state index in [0.29, 0.717) is 18.2 Å². The van der Waals surface area contributed by atoms with E-state index in [1.54, 1.807) is 6.08 Å². The lowest BCUT2D eigenvalue weighted by atomic mass is 10.1. The average Bonchev–Trinajstić information content (AvgIpc) is 2.53. The Balaban J connectivity index is 2.58. The van der Waals surface area contributed by atoms with Gasteiger partial charge in [-0.05, 0) is 19.3 Å². The molecule has 0 saturated heterocycles. The molecular formula is C16H19F3N2O3S2. The second kappa shape index (κ2) is 8.94. The second-order valence-electron chi connectivity index (χ2n) is 5.56. The lowest BCUT2D eigenvalue weighted by molar-refractivity contribution is 0.322. The highest BCUT2D eigenvalue weighted by atomic mass is 32.2. The molecule has 0 amide bonds. The van der Waals surface area contributed by atoms with Crippen molar-refractivity contribution < 1.29 is 26.7 Å². The number of allylic oxidation sites excluding steroid dienone is 2. The van der Waals surface area contributed by atoms with Crippen molar-refractivity contribution in [3.8, 4) is 0 Å². The lowest BCUT2D eigenvalue weighted by Gasteiger charge is -2.21. The minimum atomic E-state index is -4.73. The van der Waals surface area contributed by atoms with Crippen LogP contribution in [0.5, 0.6) is 0 Å². The van der Waals surface area contributed by atoms with Crippen molar-refractivity contribution in [1.29, 1.82) is 0 Å². The molecule has 4 N–H and O–H groups in total. The molecule has 5 nitrogen and oxygen atoms in total. The molecule has 0 fully saturated rings. The van der Waals surface area contributed by atoms with Gasteiger partial charge in [0.15, 0.2) is 17.5 Å². The second-order valence-corrected chi connectivity index (χ2v) is 8.16. The summed E-state index contributed by atoms with van der Waals surface area (Å²) in [7, 11) is -4.73. The van der Waals surface area contributed by atoms with E-state index < -0.39 is 49.0 Å². The van der Waals surface area contributed by atoms with Gasteiger partial charge in [0.05, 0.1) is 17.2 Å². The smallest absolute Gasteiger partial charge is 0.243 e. The first-order valence-corrected chi connectivity index (χ1v) is 10.4. The Labute approximate surface area is 154 Å². The van der Waals surface area contributed by atoms with E-state index >= 15 is 0 Å². The number of halogens is 3. The zero-order chi connectivity index (χ0) is 19.3. The molecule has 1 atom stereocenters. The molecule has 1 aromatic carbocycles. The number of aliphatic hydroxyl groups excluding tert-OH is 1. The number of hydrogen-bond acceptors (Lipinski definition) is 5. The third-order valence-corrected chi connectivity index (χ3v) is 5.60. The van der Waals surface area contributed by atoms with Crippen molar-refractivity contribution in [3.63, 3.8) is 0 Å². The van der Waals surface area contributed by atoms with E-state index in [-0.39, 0.29) is 12.4 Å². The Hall–Kier alpha value is -1.49. The highest BCUT2D eigenvalue weighted by Crippen LogP contribution is 2.37. The molecular weight excluding hydrogens is 389 g/mol. The van der Waals surface area contributed by atoms with Crippen LogP contribution in [0.25, 0.3) is 0 Å². The van der Waals surface area contributed by atoms with Gasteiger partial charge in [-0.3, -0.25) is 0 Å². The van der Waals surface area contributed by atoms with Crippen molar-refractivity contribution in [2.24, 2.45) is 5.14 Å². The van der Waals surface area contributed by atoms with E-state index in [2.05, 4.69) is 5.32 Å². The van der Waals surface area contributed by atoms with Gasteiger partial charge in [-0.15, -0.1) is 11.8 Å². The summed E-state index contributed by atoms with van der Waals surface area (Å²) in [5, 5.41) is 16.5. The molecule has 0 unspecified atom stereocenters. The van der Waals surface area contributed by atoms with Gasteiger partial charge in [-0.1, -0.05) is 24.3 Å². The lowest BCUT2D eigenvalue weighted by Crippen LogP contribution is -2.24. The Bertz CT molecular complexity index is 827. The first-order chi connectivity index (χ1) is 12.3. The number of nitrogens with two attached hydrogens (primary N) is 1. The predicted octanol–water partition coefficient (Wildman–Crippen LogP) is 2.91. The maximum atomic E-state index is 14.8. The number of hydrogen-bond donors (Lipinski definition) is 3. The van der Waals surface area contributed by atoms with Gasteiger partial charge in [-0.25, -0.2) is 26.7 Å². The third-order valence-electron chi connectivity index (χ3n) is 3.61. The number of rotatable bonds is 6. The number of nitrogens with one attached hydrogen (secondary N) is 1. The van der Waals surface area contributed by atoms with Crippen LogP contribution >= 0.6 is 11.8 Å². The first kappa shape index (κ1) is 20.8. The number of benzene rings is 1. The fraction of sp³-hybridized carbons (Fsp3) is 0.375. The number of sulfonamides is 1. The van der Waals surface area contributed by atoms with Gasteiger partial charge >= 0.3 is 0 Å². The summed E-state index contributed by atoms with van der Waals surface area (Å²) in [6.45, 7) is -0.388. The molecule has 26 heavy (non-hydrogen) atoms. The maximum Gasteiger partial charge on any atom is 0.243 e. The summed E-state index contributed by atoms with van der Waals surface area (Å²) in [6, 6.07) is -0.526. The zero-order valence-corrected chi connectivity index (χ0v) is 15.3. The van der Waals surface area contributed by atoms with Gasteiger partial charge < -0.3 is 10.4 Å². The van der Waals surface area contributed by atoms with E-state index in [1.165, 1.54) is 0 Å². The maximum absolute atomic E-state index is 14.8. The Kier molecular flexibility index (Phi) is 7.16. The SMILES string of the molecule is NS(=O)(=O)c1c(F)c(F)c(SCCO)c(F)c1N[C@@H]1/C=C\CC/C=C/C1. The molecule has 0 aromatic heterocycles. The van der Waals surface area contributed by atoms with Crippen LogP contribution in [0.4, 0.5) is 18.9 Å². The summed E-state index contributed by atoms with van der Waals surface area (Å²) >= 11 is 0.543. The van der Waals surface area contributed by atoms with Crippen LogP contribution < -0.4 is 10.5 Å². The molecule has 0 saturated carbocycles. The van der Waals surface area contributed by atoms with Gasteiger partial charge in [0, 0.05) is 11.8 Å². The quantitative estimate of drug-likeness (QED) is 0.382. The monoisotopic (exact) mass is 408 g/mol.